The third kappa shape index (κ3) is 3.16. The Morgan fingerprint density at radius 3 is 2.71 bits per heavy atom. The molecule has 0 unspecified atom stereocenters. The number of nitrogens with zero attached hydrogens (tertiary/aromatic N) is 1. The van der Waals surface area contributed by atoms with Crippen LogP contribution < -0.4 is 10.0 Å². The molecular weight excluding hydrogens is 330 g/mol. The van der Waals surface area contributed by atoms with Gasteiger partial charge >= 0.3 is 0 Å². The van der Waals surface area contributed by atoms with Gasteiger partial charge in [0.2, 0.25) is 10.0 Å². The van der Waals surface area contributed by atoms with E-state index in [2.05, 4.69) is 10.0 Å². The predicted octanol–water partition coefficient (Wildman–Crippen LogP) is 1.98. The van der Waals surface area contributed by atoms with Gasteiger partial charge in [0.1, 0.15) is 0 Å². The van der Waals surface area contributed by atoms with E-state index < -0.39 is 14.9 Å². The molecule has 2 aromatic rings. The van der Waals surface area contributed by atoms with E-state index in [1.54, 1.807) is 0 Å². The highest BCUT2D eigenvalue weighted by molar-refractivity contribution is 7.89. The van der Waals surface area contributed by atoms with Crippen LogP contribution in [0.15, 0.2) is 41.3 Å². The standard InChI is InChI=1S/C16H17N3O4S/c1-11-15(19(20)21)3-2-4-16(11)24(22,23)18-8-12-5-6-13-9-17-10-14(13)7-12/h2-7,17-18H,8-10H2,1H3. The number of nitro benzene ring substituents is 1. The zero-order valence-corrected chi connectivity index (χ0v) is 13.9. The monoisotopic (exact) mass is 347 g/mol. The summed E-state index contributed by atoms with van der Waals surface area (Å²) in [6, 6.07) is 9.88. The summed E-state index contributed by atoms with van der Waals surface area (Å²) in [5, 5.41) is 14.2. The topological polar surface area (TPSA) is 101 Å². The van der Waals surface area contributed by atoms with Gasteiger partial charge in [-0.2, -0.15) is 0 Å². The largest absolute Gasteiger partial charge is 0.309 e. The van der Waals surface area contributed by atoms with Crippen molar-refractivity contribution in [2.75, 3.05) is 0 Å². The van der Waals surface area contributed by atoms with Gasteiger partial charge in [0.25, 0.3) is 5.69 Å². The molecule has 0 bridgehead atoms. The molecule has 0 amide bonds. The Labute approximate surface area is 139 Å². The first-order valence-electron chi connectivity index (χ1n) is 7.43. The van der Waals surface area contributed by atoms with Crippen LogP contribution in [0.25, 0.3) is 0 Å². The molecule has 1 heterocycles. The fourth-order valence-electron chi connectivity index (χ4n) is 2.81. The maximum Gasteiger partial charge on any atom is 0.273 e. The SMILES string of the molecule is Cc1c([N+](=O)[O-])cccc1S(=O)(=O)NCc1ccc2c(c1)CNC2. The fraction of sp³-hybridized carbons (Fsp3) is 0.250. The van der Waals surface area contributed by atoms with E-state index >= 15 is 0 Å². The smallest absolute Gasteiger partial charge is 0.273 e. The first-order chi connectivity index (χ1) is 11.4. The average Bonchev–Trinajstić information content (AvgIpc) is 3.00. The highest BCUT2D eigenvalue weighted by atomic mass is 32.2. The molecule has 126 valence electrons. The summed E-state index contributed by atoms with van der Waals surface area (Å²) in [4.78, 5) is 10.3. The Balaban J connectivity index is 1.82. The van der Waals surface area contributed by atoms with Crippen molar-refractivity contribution in [2.45, 2.75) is 31.5 Å². The van der Waals surface area contributed by atoms with Gasteiger partial charge < -0.3 is 5.32 Å². The van der Waals surface area contributed by atoms with Crippen molar-refractivity contribution in [1.82, 2.24) is 10.0 Å². The quantitative estimate of drug-likeness (QED) is 0.636. The molecule has 0 fully saturated rings. The normalized spacial score (nSPS) is 13.7. The molecule has 0 saturated heterocycles. The third-order valence-corrected chi connectivity index (χ3v) is 5.66. The zero-order valence-electron chi connectivity index (χ0n) is 13.1. The first kappa shape index (κ1) is 16.6. The Bertz CT molecular complexity index is 910. The molecule has 24 heavy (non-hydrogen) atoms. The first-order valence-corrected chi connectivity index (χ1v) is 8.92. The van der Waals surface area contributed by atoms with E-state index in [4.69, 9.17) is 0 Å². The van der Waals surface area contributed by atoms with Crippen LogP contribution in [0.1, 0.15) is 22.3 Å². The number of hydrogen-bond donors (Lipinski definition) is 2. The van der Waals surface area contributed by atoms with Gasteiger partial charge in [-0.3, -0.25) is 10.1 Å². The third-order valence-electron chi connectivity index (χ3n) is 4.11. The second-order valence-corrected chi connectivity index (χ2v) is 7.42. The summed E-state index contributed by atoms with van der Waals surface area (Å²) < 4.78 is 27.5. The maximum atomic E-state index is 12.5. The fourth-order valence-corrected chi connectivity index (χ4v) is 4.08. The van der Waals surface area contributed by atoms with Gasteiger partial charge in [0, 0.05) is 31.3 Å². The summed E-state index contributed by atoms with van der Waals surface area (Å²) in [6.07, 6.45) is 0. The number of nitrogens with one attached hydrogen (secondary N) is 2. The molecule has 1 aliphatic rings. The van der Waals surface area contributed by atoms with Gasteiger partial charge in [-0.1, -0.05) is 24.3 Å². The summed E-state index contributed by atoms with van der Waals surface area (Å²) >= 11 is 0. The Morgan fingerprint density at radius 1 is 1.21 bits per heavy atom. The number of fused-ring (bicyclic) bond motifs is 1. The highest BCUT2D eigenvalue weighted by Gasteiger charge is 2.22. The molecule has 1 aliphatic heterocycles. The molecule has 0 atom stereocenters. The van der Waals surface area contributed by atoms with Crippen LogP contribution in [0, 0.1) is 17.0 Å². The van der Waals surface area contributed by atoms with E-state index in [0.29, 0.717) is 0 Å². The summed E-state index contributed by atoms with van der Waals surface area (Å²) in [7, 11) is -3.83. The minimum atomic E-state index is -3.83. The van der Waals surface area contributed by atoms with Crippen molar-refractivity contribution in [3.63, 3.8) is 0 Å². The minimum Gasteiger partial charge on any atom is -0.309 e. The lowest BCUT2D eigenvalue weighted by molar-refractivity contribution is -0.385. The van der Waals surface area contributed by atoms with Crippen molar-refractivity contribution in [2.24, 2.45) is 0 Å². The molecule has 3 rings (SSSR count). The molecule has 2 aromatic carbocycles. The Hall–Kier alpha value is -2.29. The van der Waals surface area contributed by atoms with Gasteiger partial charge in [-0.15, -0.1) is 0 Å². The summed E-state index contributed by atoms with van der Waals surface area (Å²) in [5.74, 6) is 0. The second kappa shape index (κ2) is 6.31. The van der Waals surface area contributed by atoms with Crippen LogP contribution in [0.5, 0.6) is 0 Å². The highest BCUT2D eigenvalue weighted by Crippen LogP contribution is 2.25. The van der Waals surface area contributed by atoms with Gasteiger partial charge in [0.05, 0.1) is 9.82 Å². The molecule has 0 radical (unpaired) electrons. The molecular formula is C16H17N3O4S. The van der Waals surface area contributed by atoms with Crippen molar-refractivity contribution in [1.29, 1.82) is 0 Å². The second-order valence-electron chi connectivity index (χ2n) is 5.69. The zero-order chi connectivity index (χ0) is 17.3. The lowest BCUT2D eigenvalue weighted by Crippen LogP contribution is -2.24. The van der Waals surface area contributed by atoms with Gasteiger partial charge in [-0.05, 0) is 29.7 Å². The average molecular weight is 347 g/mol. The maximum absolute atomic E-state index is 12.5. The summed E-state index contributed by atoms with van der Waals surface area (Å²) in [6.45, 7) is 3.18. The van der Waals surface area contributed by atoms with Crippen LogP contribution in [-0.2, 0) is 29.7 Å². The van der Waals surface area contributed by atoms with Crippen LogP contribution >= 0.6 is 0 Å². The number of sulfonamides is 1. The van der Waals surface area contributed by atoms with E-state index in [1.807, 2.05) is 18.2 Å². The molecule has 0 spiro atoms. The molecule has 8 heteroatoms. The number of benzene rings is 2. The molecule has 0 aliphatic carbocycles. The minimum absolute atomic E-state index is 0.0699. The number of hydrogen-bond acceptors (Lipinski definition) is 5. The van der Waals surface area contributed by atoms with Crippen LogP contribution in [0.3, 0.4) is 0 Å². The van der Waals surface area contributed by atoms with Crippen molar-refractivity contribution in [3.8, 4) is 0 Å². The van der Waals surface area contributed by atoms with Crippen LogP contribution in [-0.4, -0.2) is 13.3 Å². The number of rotatable bonds is 5. The molecule has 0 saturated carbocycles. The van der Waals surface area contributed by atoms with E-state index in [9.17, 15) is 18.5 Å². The summed E-state index contributed by atoms with van der Waals surface area (Å²) in [5.41, 5.74) is 3.16. The number of nitro groups is 1. The van der Waals surface area contributed by atoms with Crippen molar-refractivity contribution >= 4 is 15.7 Å². The molecule has 2 N–H and O–H groups in total. The van der Waals surface area contributed by atoms with E-state index in [0.717, 1.165) is 18.7 Å². The lowest BCUT2D eigenvalue weighted by Gasteiger charge is -2.10. The molecule has 0 aromatic heterocycles. The molecule has 7 nitrogen and oxygen atoms in total. The Morgan fingerprint density at radius 2 is 1.96 bits per heavy atom. The van der Waals surface area contributed by atoms with Crippen LogP contribution in [0.4, 0.5) is 5.69 Å². The van der Waals surface area contributed by atoms with E-state index in [-0.39, 0.29) is 22.7 Å². The van der Waals surface area contributed by atoms with Gasteiger partial charge in [-0.25, -0.2) is 13.1 Å². The van der Waals surface area contributed by atoms with Crippen molar-refractivity contribution in [3.05, 3.63) is 68.8 Å². The predicted molar refractivity (Wildman–Crippen MR) is 88.8 cm³/mol. The van der Waals surface area contributed by atoms with Gasteiger partial charge in [0.15, 0.2) is 0 Å². The Kier molecular flexibility index (Phi) is 4.35. The lowest BCUT2D eigenvalue weighted by atomic mass is 10.1. The van der Waals surface area contributed by atoms with E-state index in [1.165, 1.54) is 36.2 Å². The van der Waals surface area contributed by atoms with Crippen LogP contribution in [0.2, 0.25) is 0 Å². The van der Waals surface area contributed by atoms with Crippen molar-refractivity contribution < 1.29 is 13.3 Å².